The molecule has 0 aliphatic carbocycles. The second-order valence-corrected chi connectivity index (χ2v) is 6.43. The zero-order chi connectivity index (χ0) is 17.4. The van der Waals surface area contributed by atoms with Gasteiger partial charge >= 0.3 is 0 Å². The van der Waals surface area contributed by atoms with Crippen LogP contribution in [0.1, 0.15) is 15.2 Å². The highest BCUT2D eigenvalue weighted by Crippen LogP contribution is 2.13. The number of thiophene rings is 1. The highest BCUT2D eigenvalue weighted by atomic mass is 32.1. The molecule has 0 atom stereocenters. The van der Waals surface area contributed by atoms with Gasteiger partial charge in [-0.15, -0.1) is 11.3 Å². The maximum Gasteiger partial charge on any atom is 0.267 e. The lowest BCUT2D eigenvalue weighted by molar-refractivity contribution is -0.117. The minimum atomic E-state index is -0.304. The van der Waals surface area contributed by atoms with Gasteiger partial charge < -0.3 is 15.5 Å². The molecule has 0 aliphatic heterocycles. The van der Waals surface area contributed by atoms with E-state index in [9.17, 15) is 9.59 Å². The predicted octanol–water partition coefficient (Wildman–Crippen LogP) is 2.20. The van der Waals surface area contributed by atoms with Crippen LogP contribution in [0.4, 0.5) is 0 Å². The Morgan fingerprint density at radius 3 is 2.50 bits per heavy atom. The van der Waals surface area contributed by atoms with E-state index in [0.717, 1.165) is 11.4 Å². The number of amides is 2. The number of benzene rings is 1. The summed E-state index contributed by atoms with van der Waals surface area (Å²) in [6.07, 6.45) is 1.69. The molecule has 0 unspecified atom stereocenters. The third-order valence-electron chi connectivity index (χ3n) is 3.20. The van der Waals surface area contributed by atoms with Crippen molar-refractivity contribution in [3.05, 3.63) is 64.0 Å². The van der Waals surface area contributed by atoms with Crippen molar-refractivity contribution in [2.75, 3.05) is 27.2 Å². The molecule has 1 aromatic heterocycles. The highest BCUT2D eigenvalue weighted by molar-refractivity contribution is 7.10. The van der Waals surface area contributed by atoms with Crippen LogP contribution in [-0.4, -0.2) is 43.9 Å². The van der Waals surface area contributed by atoms with Gasteiger partial charge in [0.15, 0.2) is 0 Å². The maximum atomic E-state index is 12.4. The van der Waals surface area contributed by atoms with Crippen molar-refractivity contribution in [2.45, 2.75) is 0 Å². The van der Waals surface area contributed by atoms with Gasteiger partial charge in [-0.25, -0.2) is 0 Å². The van der Waals surface area contributed by atoms with Crippen LogP contribution in [0.25, 0.3) is 6.08 Å². The Morgan fingerprint density at radius 1 is 1.12 bits per heavy atom. The number of nitrogens with zero attached hydrogens (tertiary/aromatic N) is 1. The van der Waals surface area contributed by atoms with Gasteiger partial charge in [-0.3, -0.25) is 9.59 Å². The zero-order valence-electron chi connectivity index (χ0n) is 13.8. The van der Waals surface area contributed by atoms with Gasteiger partial charge in [-0.05, 0) is 43.8 Å². The fourth-order valence-electron chi connectivity index (χ4n) is 1.95. The summed E-state index contributed by atoms with van der Waals surface area (Å²) in [5.41, 5.74) is 0.751. The standard InChI is InChI=1S/C18H21N3O2S/c1-21(2)11-10-19-18(23)16(13-15-9-6-12-24-15)20-17(22)14-7-4-3-5-8-14/h3-9,12-13H,10-11H2,1-2H3,(H,19,23)(H,20,22). The number of hydrogen-bond acceptors (Lipinski definition) is 4. The summed E-state index contributed by atoms with van der Waals surface area (Å²) < 4.78 is 0. The quantitative estimate of drug-likeness (QED) is 0.758. The van der Waals surface area contributed by atoms with Crippen LogP contribution in [0.5, 0.6) is 0 Å². The Kier molecular flexibility index (Phi) is 6.72. The minimum Gasteiger partial charge on any atom is -0.349 e. The van der Waals surface area contributed by atoms with E-state index in [2.05, 4.69) is 10.6 Å². The highest BCUT2D eigenvalue weighted by Gasteiger charge is 2.14. The molecule has 2 amide bonds. The first-order valence-electron chi connectivity index (χ1n) is 7.61. The van der Waals surface area contributed by atoms with Gasteiger partial charge in [0.25, 0.3) is 11.8 Å². The van der Waals surface area contributed by atoms with E-state index >= 15 is 0 Å². The molecule has 0 aliphatic rings. The van der Waals surface area contributed by atoms with Crippen molar-refractivity contribution >= 4 is 29.2 Å². The van der Waals surface area contributed by atoms with Gasteiger partial charge in [-0.2, -0.15) is 0 Å². The second kappa shape index (κ2) is 9.00. The first-order valence-corrected chi connectivity index (χ1v) is 8.49. The molecule has 1 aromatic carbocycles. The summed E-state index contributed by atoms with van der Waals surface area (Å²) in [7, 11) is 3.87. The van der Waals surface area contributed by atoms with E-state index in [1.165, 1.54) is 11.3 Å². The molecule has 2 N–H and O–H groups in total. The van der Waals surface area contributed by atoms with Crippen molar-refractivity contribution in [3.8, 4) is 0 Å². The summed E-state index contributed by atoms with van der Waals surface area (Å²) in [5.74, 6) is -0.601. The second-order valence-electron chi connectivity index (χ2n) is 5.45. The number of likely N-dealkylation sites (N-methyl/N-ethyl adjacent to an activating group) is 1. The van der Waals surface area contributed by atoms with Crippen molar-refractivity contribution in [3.63, 3.8) is 0 Å². The Hall–Kier alpha value is -2.44. The lowest BCUT2D eigenvalue weighted by Crippen LogP contribution is -2.37. The molecule has 2 rings (SSSR count). The molecular weight excluding hydrogens is 322 g/mol. The normalized spacial score (nSPS) is 11.4. The van der Waals surface area contributed by atoms with Crippen molar-refractivity contribution in [1.82, 2.24) is 15.5 Å². The lowest BCUT2D eigenvalue weighted by atomic mass is 10.2. The average molecular weight is 343 g/mol. The lowest BCUT2D eigenvalue weighted by Gasteiger charge is -2.13. The van der Waals surface area contributed by atoms with Gasteiger partial charge in [0.05, 0.1) is 0 Å². The average Bonchev–Trinajstić information content (AvgIpc) is 3.07. The van der Waals surface area contributed by atoms with E-state index in [-0.39, 0.29) is 17.5 Å². The van der Waals surface area contributed by atoms with Gasteiger partial charge in [-0.1, -0.05) is 24.3 Å². The molecule has 5 nitrogen and oxygen atoms in total. The predicted molar refractivity (Wildman–Crippen MR) is 97.8 cm³/mol. The van der Waals surface area contributed by atoms with Crippen LogP contribution in [0.15, 0.2) is 53.5 Å². The number of hydrogen-bond donors (Lipinski definition) is 2. The van der Waals surface area contributed by atoms with Crippen molar-refractivity contribution in [1.29, 1.82) is 0 Å². The number of nitrogens with one attached hydrogen (secondary N) is 2. The van der Waals surface area contributed by atoms with E-state index in [1.807, 2.05) is 42.6 Å². The van der Waals surface area contributed by atoms with Crippen molar-refractivity contribution in [2.24, 2.45) is 0 Å². The molecule has 2 aromatic rings. The monoisotopic (exact) mass is 343 g/mol. The van der Waals surface area contributed by atoms with Crippen LogP contribution < -0.4 is 10.6 Å². The van der Waals surface area contributed by atoms with E-state index in [0.29, 0.717) is 12.1 Å². The molecule has 6 heteroatoms. The fourth-order valence-corrected chi connectivity index (χ4v) is 2.60. The molecule has 0 saturated heterocycles. The minimum absolute atomic E-state index is 0.241. The van der Waals surface area contributed by atoms with Crippen LogP contribution in [-0.2, 0) is 4.79 Å². The SMILES string of the molecule is CN(C)CCNC(=O)C(=Cc1cccs1)NC(=O)c1ccccc1. The maximum absolute atomic E-state index is 12.4. The topological polar surface area (TPSA) is 61.4 Å². The van der Waals surface area contributed by atoms with Gasteiger partial charge in [0.2, 0.25) is 0 Å². The zero-order valence-corrected chi connectivity index (χ0v) is 14.6. The Bertz CT molecular complexity index is 694. The molecule has 0 fully saturated rings. The first-order chi connectivity index (χ1) is 11.6. The van der Waals surface area contributed by atoms with Crippen molar-refractivity contribution < 1.29 is 9.59 Å². The van der Waals surface area contributed by atoms with Crippen LogP contribution >= 0.6 is 11.3 Å². The van der Waals surface area contributed by atoms with Crippen LogP contribution in [0.3, 0.4) is 0 Å². The molecule has 0 saturated carbocycles. The summed E-state index contributed by atoms with van der Waals surface area (Å²) in [6.45, 7) is 1.24. The molecule has 126 valence electrons. The summed E-state index contributed by atoms with van der Waals surface area (Å²) in [4.78, 5) is 27.6. The van der Waals surface area contributed by atoms with Crippen LogP contribution in [0, 0.1) is 0 Å². The van der Waals surface area contributed by atoms with E-state index in [1.54, 1.807) is 30.3 Å². The Labute approximate surface area is 146 Å². The summed E-state index contributed by atoms with van der Waals surface area (Å²) in [6, 6.07) is 12.6. The molecular formula is C18H21N3O2S. The number of carbonyl (C=O) groups excluding carboxylic acids is 2. The largest absolute Gasteiger partial charge is 0.349 e. The molecule has 0 bridgehead atoms. The fraction of sp³-hybridized carbons (Fsp3) is 0.222. The first kappa shape index (κ1) is 17.9. The Balaban J connectivity index is 2.11. The van der Waals surface area contributed by atoms with Gasteiger partial charge in [0, 0.05) is 23.5 Å². The molecule has 0 spiro atoms. The van der Waals surface area contributed by atoms with E-state index in [4.69, 9.17) is 0 Å². The third kappa shape index (κ3) is 5.64. The summed E-state index contributed by atoms with van der Waals surface area (Å²) >= 11 is 1.50. The molecule has 24 heavy (non-hydrogen) atoms. The van der Waals surface area contributed by atoms with Crippen LogP contribution in [0.2, 0.25) is 0 Å². The summed E-state index contributed by atoms with van der Waals surface area (Å²) in [5, 5.41) is 7.46. The molecule has 0 radical (unpaired) electrons. The Morgan fingerprint density at radius 2 is 1.88 bits per heavy atom. The van der Waals surface area contributed by atoms with Gasteiger partial charge in [0.1, 0.15) is 5.70 Å². The third-order valence-corrected chi connectivity index (χ3v) is 4.02. The number of rotatable bonds is 7. The molecule has 1 heterocycles. The smallest absolute Gasteiger partial charge is 0.267 e. The van der Waals surface area contributed by atoms with E-state index < -0.39 is 0 Å². The number of carbonyl (C=O) groups is 2.